The molecule has 6 heteroatoms. The third kappa shape index (κ3) is 3.50. The van der Waals surface area contributed by atoms with Gasteiger partial charge in [-0.25, -0.2) is 0 Å². The van der Waals surface area contributed by atoms with Crippen molar-refractivity contribution < 1.29 is 4.79 Å². The Morgan fingerprint density at radius 3 is 2.85 bits per heavy atom. The third-order valence-electron chi connectivity index (χ3n) is 3.97. The molecule has 1 aliphatic rings. The number of hydrogen-bond acceptors (Lipinski definition) is 4. The van der Waals surface area contributed by atoms with Crippen molar-refractivity contribution >= 4 is 11.6 Å². The summed E-state index contributed by atoms with van der Waals surface area (Å²) >= 11 is 0. The summed E-state index contributed by atoms with van der Waals surface area (Å²) in [4.78, 5) is 14.5. The molecule has 3 N–H and O–H groups in total. The quantitative estimate of drug-likeness (QED) is 0.841. The first-order valence-electron chi connectivity index (χ1n) is 7.43. The Labute approximate surface area is 120 Å². The van der Waals surface area contributed by atoms with Crippen LogP contribution in [-0.4, -0.2) is 46.8 Å². The summed E-state index contributed by atoms with van der Waals surface area (Å²) in [6, 6.07) is 0. The van der Waals surface area contributed by atoms with E-state index in [1.807, 2.05) is 6.92 Å². The van der Waals surface area contributed by atoms with Crippen molar-refractivity contribution in [2.24, 2.45) is 5.92 Å². The van der Waals surface area contributed by atoms with Crippen molar-refractivity contribution in [3.05, 3.63) is 11.9 Å². The van der Waals surface area contributed by atoms with Crippen LogP contribution in [0, 0.1) is 5.92 Å². The van der Waals surface area contributed by atoms with Crippen LogP contribution >= 0.6 is 0 Å². The Morgan fingerprint density at radius 2 is 2.20 bits per heavy atom. The molecular formula is C14H25N5O. The van der Waals surface area contributed by atoms with Gasteiger partial charge < -0.3 is 16.0 Å². The van der Waals surface area contributed by atoms with E-state index in [4.69, 9.17) is 5.73 Å². The van der Waals surface area contributed by atoms with E-state index in [9.17, 15) is 4.79 Å². The van der Waals surface area contributed by atoms with Gasteiger partial charge in [-0.2, -0.15) is 5.10 Å². The number of anilines is 1. The van der Waals surface area contributed by atoms with Crippen LogP contribution in [0.2, 0.25) is 0 Å². The average molecular weight is 279 g/mol. The van der Waals surface area contributed by atoms with Crippen LogP contribution in [0.25, 0.3) is 0 Å². The summed E-state index contributed by atoms with van der Waals surface area (Å²) in [5.41, 5.74) is 6.71. The number of aryl methyl sites for hydroxylation is 1. The van der Waals surface area contributed by atoms with Crippen LogP contribution in [0.5, 0.6) is 0 Å². The molecule has 1 aliphatic heterocycles. The molecule has 0 bridgehead atoms. The van der Waals surface area contributed by atoms with E-state index in [0.717, 1.165) is 25.6 Å². The third-order valence-corrected chi connectivity index (χ3v) is 3.97. The molecule has 1 aromatic rings. The van der Waals surface area contributed by atoms with E-state index in [1.54, 1.807) is 4.68 Å². The lowest BCUT2D eigenvalue weighted by atomic mass is 9.99. The number of carbonyl (C=O) groups excluding carboxylic acids is 1. The Morgan fingerprint density at radius 1 is 1.50 bits per heavy atom. The first-order valence-corrected chi connectivity index (χ1v) is 7.43. The highest BCUT2D eigenvalue weighted by atomic mass is 16.2. The zero-order valence-electron chi connectivity index (χ0n) is 12.4. The van der Waals surface area contributed by atoms with Crippen molar-refractivity contribution in [2.75, 3.05) is 31.9 Å². The summed E-state index contributed by atoms with van der Waals surface area (Å²) in [6.45, 7) is 8.70. The molecule has 20 heavy (non-hydrogen) atoms. The molecular weight excluding hydrogens is 254 g/mol. The number of rotatable bonds is 5. The van der Waals surface area contributed by atoms with Gasteiger partial charge in [0.05, 0.1) is 11.9 Å². The van der Waals surface area contributed by atoms with Crippen LogP contribution in [-0.2, 0) is 6.54 Å². The summed E-state index contributed by atoms with van der Waals surface area (Å²) in [7, 11) is 0. The van der Waals surface area contributed by atoms with Crippen molar-refractivity contribution in [1.82, 2.24) is 20.0 Å². The van der Waals surface area contributed by atoms with Crippen LogP contribution < -0.4 is 11.1 Å². The van der Waals surface area contributed by atoms with Crippen LogP contribution in [0.15, 0.2) is 6.20 Å². The van der Waals surface area contributed by atoms with E-state index >= 15 is 0 Å². The predicted octanol–water partition coefficient (Wildman–Crippen LogP) is 0.947. The number of hydrogen-bond donors (Lipinski definition) is 2. The minimum atomic E-state index is -0.132. The van der Waals surface area contributed by atoms with Gasteiger partial charge in [-0.1, -0.05) is 6.92 Å². The lowest BCUT2D eigenvalue weighted by Crippen LogP contribution is -2.39. The summed E-state index contributed by atoms with van der Waals surface area (Å²) < 4.78 is 1.63. The lowest BCUT2D eigenvalue weighted by Gasteiger charge is -2.30. The molecule has 0 radical (unpaired) electrons. The van der Waals surface area contributed by atoms with Crippen LogP contribution in [0.4, 0.5) is 5.69 Å². The summed E-state index contributed by atoms with van der Waals surface area (Å²) in [5.74, 6) is 0.701. The minimum Gasteiger partial charge on any atom is -0.396 e. The molecule has 112 valence electrons. The largest absolute Gasteiger partial charge is 0.396 e. The molecule has 1 aromatic heterocycles. The van der Waals surface area contributed by atoms with Gasteiger partial charge in [-0.15, -0.1) is 0 Å². The van der Waals surface area contributed by atoms with Crippen molar-refractivity contribution in [3.63, 3.8) is 0 Å². The highest BCUT2D eigenvalue weighted by molar-refractivity contribution is 5.97. The van der Waals surface area contributed by atoms with E-state index < -0.39 is 0 Å². The lowest BCUT2D eigenvalue weighted by molar-refractivity contribution is 0.0935. The average Bonchev–Trinajstić information content (AvgIpc) is 2.82. The molecule has 1 fully saturated rings. The number of nitrogens with one attached hydrogen (secondary N) is 1. The maximum absolute atomic E-state index is 12.1. The number of aromatic nitrogens is 2. The number of nitrogen functional groups attached to an aromatic ring is 1. The van der Waals surface area contributed by atoms with Gasteiger partial charge in [-0.05, 0) is 38.8 Å². The number of piperidine rings is 1. The highest BCUT2D eigenvalue weighted by Crippen LogP contribution is 2.15. The highest BCUT2D eigenvalue weighted by Gasteiger charge is 2.17. The molecule has 6 nitrogen and oxygen atoms in total. The monoisotopic (exact) mass is 279 g/mol. The molecule has 0 unspecified atom stereocenters. The van der Waals surface area contributed by atoms with Gasteiger partial charge in [-0.3, -0.25) is 9.48 Å². The normalized spacial score (nSPS) is 17.3. The molecule has 1 amide bonds. The molecule has 0 saturated carbocycles. The summed E-state index contributed by atoms with van der Waals surface area (Å²) in [5, 5.41) is 7.02. The Bertz CT molecular complexity index is 448. The van der Waals surface area contributed by atoms with Crippen molar-refractivity contribution in [2.45, 2.75) is 33.2 Å². The first kappa shape index (κ1) is 14.8. The molecule has 2 rings (SSSR count). The second-order valence-electron chi connectivity index (χ2n) is 5.54. The standard InChI is InChI=1S/C14H25N5O/c1-3-19-13(12(15)10-17-19)14(20)16-6-9-18-7-4-11(2)5-8-18/h10-11H,3-9,15H2,1-2H3,(H,16,20). The number of likely N-dealkylation sites (tertiary alicyclic amines) is 1. The van der Waals surface area contributed by atoms with Gasteiger partial charge in [0.25, 0.3) is 5.91 Å². The fraction of sp³-hybridized carbons (Fsp3) is 0.714. The minimum absolute atomic E-state index is 0.132. The zero-order valence-corrected chi connectivity index (χ0v) is 12.4. The first-order chi connectivity index (χ1) is 9.61. The number of nitrogens with zero attached hydrogens (tertiary/aromatic N) is 3. The predicted molar refractivity (Wildman–Crippen MR) is 79.5 cm³/mol. The van der Waals surface area contributed by atoms with Gasteiger partial charge in [0.2, 0.25) is 0 Å². The Balaban J connectivity index is 1.79. The maximum Gasteiger partial charge on any atom is 0.271 e. The maximum atomic E-state index is 12.1. The summed E-state index contributed by atoms with van der Waals surface area (Å²) in [6.07, 6.45) is 4.04. The molecule has 0 aromatic carbocycles. The molecule has 1 saturated heterocycles. The van der Waals surface area contributed by atoms with Crippen LogP contribution in [0.3, 0.4) is 0 Å². The second-order valence-corrected chi connectivity index (χ2v) is 5.54. The van der Waals surface area contributed by atoms with Gasteiger partial charge in [0.1, 0.15) is 5.69 Å². The second kappa shape index (κ2) is 6.74. The van der Waals surface area contributed by atoms with E-state index in [2.05, 4.69) is 22.2 Å². The van der Waals surface area contributed by atoms with E-state index in [1.165, 1.54) is 19.0 Å². The molecule has 0 aliphatic carbocycles. The van der Waals surface area contributed by atoms with Gasteiger partial charge >= 0.3 is 0 Å². The smallest absolute Gasteiger partial charge is 0.271 e. The van der Waals surface area contributed by atoms with E-state index in [-0.39, 0.29) is 5.91 Å². The SMILES string of the molecule is CCn1ncc(N)c1C(=O)NCCN1CCC(C)CC1. The number of carbonyl (C=O) groups is 1. The fourth-order valence-electron chi connectivity index (χ4n) is 2.58. The van der Waals surface area contributed by atoms with Gasteiger partial charge in [0.15, 0.2) is 0 Å². The zero-order chi connectivity index (χ0) is 14.5. The van der Waals surface area contributed by atoms with E-state index in [0.29, 0.717) is 24.5 Å². The van der Waals surface area contributed by atoms with Crippen LogP contribution in [0.1, 0.15) is 37.2 Å². The molecule has 0 spiro atoms. The topological polar surface area (TPSA) is 76.2 Å². The Hall–Kier alpha value is -1.56. The van der Waals surface area contributed by atoms with Crippen molar-refractivity contribution in [3.8, 4) is 0 Å². The van der Waals surface area contributed by atoms with Gasteiger partial charge in [0, 0.05) is 19.6 Å². The Kier molecular flexibility index (Phi) is 5.00. The molecule has 0 atom stereocenters. The van der Waals surface area contributed by atoms with Crippen molar-refractivity contribution in [1.29, 1.82) is 0 Å². The number of amides is 1. The molecule has 2 heterocycles. The number of nitrogens with two attached hydrogens (primary N) is 1. The fourth-order valence-corrected chi connectivity index (χ4v) is 2.58.